The zero-order chi connectivity index (χ0) is 16.1. The third-order valence-electron chi connectivity index (χ3n) is 2.87. The fraction of sp³-hybridized carbons (Fsp3) is 0.267. The minimum absolute atomic E-state index is 0.203. The number of carbonyl (C=O) groups is 1. The van der Waals surface area contributed by atoms with Gasteiger partial charge in [-0.1, -0.05) is 36.2 Å². The van der Waals surface area contributed by atoms with Crippen LogP contribution in [0.4, 0.5) is 0 Å². The molecule has 1 aromatic heterocycles. The third-order valence-corrected chi connectivity index (χ3v) is 4.39. The van der Waals surface area contributed by atoms with Gasteiger partial charge in [0.1, 0.15) is 5.01 Å². The van der Waals surface area contributed by atoms with Crippen LogP contribution in [0, 0.1) is 6.92 Å². The van der Waals surface area contributed by atoms with Gasteiger partial charge >= 0.3 is 0 Å². The summed E-state index contributed by atoms with van der Waals surface area (Å²) < 4.78 is 0. The van der Waals surface area contributed by atoms with Crippen LogP contribution in [0.1, 0.15) is 29.6 Å². The smallest absolute Gasteiger partial charge is 0.246 e. The Hall–Kier alpha value is -1.43. The van der Waals surface area contributed by atoms with Crippen LogP contribution in [-0.4, -0.2) is 16.6 Å². The van der Waals surface area contributed by atoms with E-state index in [4.69, 9.17) is 23.2 Å². The Morgan fingerprint density at radius 3 is 2.77 bits per heavy atom. The van der Waals surface area contributed by atoms with Gasteiger partial charge in [0.05, 0.1) is 17.2 Å². The molecule has 0 aliphatic rings. The van der Waals surface area contributed by atoms with Gasteiger partial charge in [-0.05, 0) is 25.5 Å². The van der Waals surface area contributed by atoms with Gasteiger partial charge in [-0.2, -0.15) is 5.10 Å². The largest absolute Gasteiger partial charge is 0.273 e. The average Bonchev–Trinajstić information content (AvgIpc) is 2.86. The summed E-state index contributed by atoms with van der Waals surface area (Å²) in [5.74, 6) is -0.203. The summed E-state index contributed by atoms with van der Waals surface area (Å²) in [7, 11) is 0. The van der Waals surface area contributed by atoms with E-state index in [2.05, 4.69) is 15.5 Å². The maximum absolute atomic E-state index is 11.9. The zero-order valence-electron chi connectivity index (χ0n) is 12.2. The molecule has 4 nitrogen and oxygen atoms in total. The fourth-order valence-electron chi connectivity index (χ4n) is 1.84. The Morgan fingerprint density at radius 2 is 2.18 bits per heavy atom. The number of nitrogens with zero attached hydrogens (tertiary/aromatic N) is 2. The van der Waals surface area contributed by atoms with Crippen LogP contribution in [0.25, 0.3) is 0 Å². The Balaban J connectivity index is 2.07. The van der Waals surface area contributed by atoms with Crippen molar-refractivity contribution < 1.29 is 4.79 Å². The van der Waals surface area contributed by atoms with E-state index in [0.29, 0.717) is 22.2 Å². The van der Waals surface area contributed by atoms with Crippen LogP contribution in [0.15, 0.2) is 28.7 Å². The van der Waals surface area contributed by atoms with Gasteiger partial charge in [0.15, 0.2) is 0 Å². The lowest BCUT2D eigenvalue weighted by molar-refractivity contribution is -0.120. The van der Waals surface area contributed by atoms with Crippen LogP contribution in [0.5, 0.6) is 0 Å². The summed E-state index contributed by atoms with van der Waals surface area (Å²) in [6.07, 6.45) is 0.853. The monoisotopic (exact) mass is 355 g/mol. The first-order valence-electron chi connectivity index (χ1n) is 6.71. The van der Waals surface area contributed by atoms with E-state index in [9.17, 15) is 4.79 Å². The second-order valence-corrected chi connectivity index (χ2v) is 6.42. The topological polar surface area (TPSA) is 54.4 Å². The van der Waals surface area contributed by atoms with Crippen molar-refractivity contribution in [3.8, 4) is 0 Å². The number of thiazole rings is 1. The second kappa shape index (κ2) is 7.72. The van der Waals surface area contributed by atoms with Crippen molar-refractivity contribution in [1.29, 1.82) is 0 Å². The van der Waals surface area contributed by atoms with Crippen molar-refractivity contribution in [2.75, 3.05) is 0 Å². The number of benzene rings is 1. The maximum Gasteiger partial charge on any atom is 0.246 e. The number of aromatic nitrogens is 1. The zero-order valence-corrected chi connectivity index (χ0v) is 14.5. The van der Waals surface area contributed by atoms with Crippen LogP contribution in [0.3, 0.4) is 0 Å². The molecule has 7 heteroatoms. The van der Waals surface area contributed by atoms with Crippen molar-refractivity contribution in [1.82, 2.24) is 10.4 Å². The van der Waals surface area contributed by atoms with Gasteiger partial charge in [-0.25, -0.2) is 10.4 Å². The van der Waals surface area contributed by atoms with E-state index in [1.54, 1.807) is 18.2 Å². The number of nitrogens with one attached hydrogen (secondary N) is 1. The van der Waals surface area contributed by atoms with Crippen LogP contribution < -0.4 is 5.43 Å². The average molecular weight is 356 g/mol. The lowest BCUT2D eigenvalue weighted by Crippen LogP contribution is -2.21. The van der Waals surface area contributed by atoms with Gasteiger partial charge in [0.25, 0.3) is 0 Å². The molecule has 0 radical (unpaired) electrons. The molecule has 0 spiro atoms. The minimum Gasteiger partial charge on any atom is -0.273 e. The Morgan fingerprint density at radius 1 is 1.41 bits per heavy atom. The molecule has 2 rings (SSSR count). The van der Waals surface area contributed by atoms with E-state index in [-0.39, 0.29) is 12.3 Å². The highest BCUT2D eigenvalue weighted by atomic mass is 35.5. The molecule has 0 fully saturated rings. The lowest BCUT2D eigenvalue weighted by Gasteiger charge is -2.07. The molecule has 0 unspecified atom stereocenters. The summed E-state index contributed by atoms with van der Waals surface area (Å²) in [5, 5.41) is 7.93. The maximum atomic E-state index is 11.9. The third kappa shape index (κ3) is 4.53. The molecule has 0 saturated heterocycles. The molecule has 1 heterocycles. The van der Waals surface area contributed by atoms with Crippen LogP contribution in [0.2, 0.25) is 10.0 Å². The lowest BCUT2D eigenvalue weighted by atomic mass is 10.1. The molecular formula is C15H15Cl2N3OS. The van der Waals surface area contributed by atoms with Gasteiger partial charge < -0.3 is 0 Å². The molecule has 0 saturated carbocycles. The highest BCUT2D eigenvalue weighted by Crippen LogP contribution is 2.22. The molecule has 0 aliphatic heterocycles. The summed E-state index contributed by atoms with van der Waals surface area (Å²) >= 11 is 13.5. The van der Waals surface area contributed by atoms with Crippen molar-refractivity contribution in [2.45, 2.75) is 26.7 Å². The van der Waals surface area contributed by atoms with Crippen molar-refractivity contribution in [2.24, 2.45) is 5.10 Å². The van der Waals surface area contributed by atoms with E-state index in [1.807, 2.05) is 19.2 Å². The van der Waals surface area contributed by atoms with Crippen molar-refractivity contribution in [3.63, 3.8) is 0 Å². The van der Waals surface area contributed by atoms with Crippen LogP contribution in [-0.2, 0) is 11.2 Å². The number of rotatable bonds is 5. The Labute approximate surface area is 143 Å². The molecule has 0 atom stereocenters. The fourth-order valence-corrected chi connectivity index (χ4v) is 3.13. The number of aryl methyl sites for hydroxylation is 1. The predicted molar refractivity (Wildman–Crippen MR) is 92.0 cm³/mol. The van der Waals surface area contributed by atoms with E-state index in [1.165, 1.54) is 11.3 Å². The normalized spacial score (nSPS) is 11.5. The molecule has 0 bridgehead atoms. The Bertz CT molecular complexity index is 713. The molecule has 1 aromatic carbocycles. The van der Waals surface area contributed by atoms with Crippen LogP contribution >= 0.6 is 34.5 Å². The number of halogens is 2. The quantitative estimate of drug-likeness (QED) is 0.644. The first-order chi connectivity index (χ1) is 10.5. The van der Waals surface area contributed by atoms with Gasteiger partial charge in [0, 0.05) is 21.7 Å². The second-order valence-electron chi connectivity index (χ2n) is 4.63. The summed E-state index contributed by atoms with van der Waals surface area (Å²) in [5.41, 5.74) is 4.93. The standard InChI is InChI=1S/C15H15Cl2N3OS/c1-3-13(11-5-4-10(16)6-12(11)17)19-20-14(21)7-15-18-9(2)8-22-15/h4-6,8H,3,7H2,1-2H3,(H,20,21)/b19-13-. The first-order valence-corrected chi connectivity index (χ1v) is 8.35. The number of hydrogen-bond acceptors (Lipinski definition) is 4. The van der Waals surface area contributed by atoms with Gasteiger partial charge in [0.2, 0.25) is 5.91 Å². The summed E-state index contributed by atoms with van der Waals surface area (Å²) in [6.45, 7) is 3.84. The molecule has 1 N–H and O–H groups in total. The molecule has 0 aliphatic carbocycles. The SMILES string of the molecule is CC/C(=N/NC(=O)Cc1nc(C)cs1)c1ccc(Cl)cc1Cl. The highest BCUT2D eigenvalue weighted by Gasteiger charge is 2.10. The predicted octanol–water partition coefficient (Wildman–Crippen LogP) is 4.23. The number of hydrazone groups is 1. The minimum atomic E-state index is -0.203. The van der Waals surface area contributed by atoms with Crippen molar-refractivity contribution in [3.05, 3.63) is 49.9 Å². The number of amides is 1. The van der Waals surface area contributed by atoms with Crippen molar-refractivity contribution >= 4 is 46.2 Å². The molecule has 22 heavy (non-hydrogen) atoms. The molecule has 1 amide bonds. The summed E-state index contributed by atoms with van der Waals surface area (Å²) in [4.78, 5) is 16.2. The number of carbonyl (C=O) groups excluding carboxylic acids is 1. The first kappa shape index (κ1) is 16.9. The molecule has 2 aromatic rings. The summed E-state index contributed by atoms with van der Waals surface area (Å²) in [6, 6.07) is 5.20. The highest BCUT2D eigenvalue weighted by molar-refractivity contribution is 7.09. The van der Waals surface area contributed by atoms with E-state index >= 15 is 0 Å². The molecular weight excluding hydrogens is 341 g/mol. The Kier molecular flexibility index (Phi) is 5.94. The van der Waals surface area contributed by atoms with E-state index < -0.39 is 0 Å². The van der Waals surface area contributed by atoms with Gasteiger partial charge in [-0.15, -0.1) is 11.3 Å². The van der Waals surface area contributed by atoms with E-state index in [0.717, 1.165) is 16.3 Å². The van der Waals surface area contributed by atoms with Gasteiger partial charge in [-0.3, -0.25) is 4.79 Å². The molecule has 116 valence electrons. The number of hydrogen-bond donors (Lipinski definition) is 1.